The smallest absolute Gasteiger partial charge is 0.218 e. The van der Waals surface area contributed by atoms with Crippen molar-refractivity contribution in [2.45, 2.75) is 38.0 Å². The molecule has 1 fully saturated rings. The molecule has 0 atom stereocenters. The normalized spacial score (nSPS) is 18.4. The van der Waals surface area contributed by atoms with Crippen molar-refractivity contribution in [3.05, 3.63) is 16.5 Å². The monoisotopic (exact) mass is 213 g/mol. The Balaban J connectivity index is 2.22. The zero-order valence-corrected chi connectivity index (χ0v) is 8.59. The fraction of sp³-hybridized carbons (Fsp3) is 0.600. The highest BCUT2D eigenvalue weighted by atomic mass is 35.5. The zero-order chi connectivity index (χ0) is 9.97. The SMILES string of the molecule is O=Cc1onc(C2CCCCC2)c1Cl. The molecule has 1 aliphatic carbocycles. The van der Waals surface area contributed by atoms with Crippen molar-refractivity contribution in [2.24, 2.45) is 0 Å². The molecule has 0 saturated heterocycles. The minimum atomic E-state index is 0.159. The van der Waals surface area contributed by atoms with E-state index in [-0.39, 0.29) is 5.76 Å². The molecule has 0 radical (unpaired) electrons. The van der Waals surface area contributed by atoms with E-state index in [2.05, 4.69) is 5.16 Å². The molecule has 0 amide bonds. The summed E-state index contributed by atoms with van der Waals surface area (Å²) in [6, 6.07) is 0. The number of hydrogen-bond acceptors (Lipinski definition) is 3. The minimum absolute atomic E-state index is 0.159. The molecule has 1 saturated carbocycles. The quantitative estimate of drug-likeness (QED) is 0.709. The van der Waals surface area contributed by atoms with Crippen LogP contribution in [0, 0.1) is 0 Å². The maximum atomic E-state index is 10.5. The highest BCUT2D eigenvalue weighted by Crippen LogP contribution is 2.36. The third-order valence-corrected chi connectivity index (χ3v) is 3.16. The number of carbonyl (C=O) groups is 1. The van der Waals surface area contributed by atoms with E-state index in [1.165, 1.54) is 19.3 Å². The van der Waals surface area contributed by atoms with E-state index in [1.807, 2.05) is 0 Å². The van der Waals surface area contributed by atoms with Gasteiger partial charge in [0.05, 0.1) is 0 Å². The largest absolute Gasteiger partial charge is 0.351 e. The van der Waals surface area contributed by atoms with Crippen LogP contribution >= 0.6 is 11.6 Å². The molecular formula is C10H12ClNO2. The third kappa shape index (κ3) is 1.69. The van der Waals surface area contributed by atoms with Gasteiger partial charge in [-0.15, -0.1) is 0 Å². The summed E-state index contributed by atoms with van der Waals surface area (Å²) in [5.74, 6) is 0.543. The number of rotatable bonds is 2. The number of nitrogens with zero attached hydrogens (tertiary/aromatic N) is 1. The summed E-state index contributed by atoms with van der Waals surface area (Å²) in [7, 11) is 0. The highest BCUT2D eigenvalue weighted by molar-refractivity contribution is 6.33. The van der Waals surface area contributed by atoms with Crippen molar-refractivity contribution in [2.75, 3.05) is 0 Å². The standard InChI is InChI=1S/C10H12ClNO2/c11-9-8(6-13)14-12-10(9)7-4-2-1-3-5-7/h6-7H,1-5H2. The van der Waals surface area contributed by atoms with E-state index >= 15 is 0 Å². The molecule has 14 heavy (non-hydrogen) atoms. The molecule has 0 aromatic carbocycles. The lowest BCUT2D eigenvalue weighted by Crippen LogP contribution is -2.05. The number of carbonyl (C=O) groups excluding carboxylic acids is 1. The predicted molar refractivity (Wildman–Crippen MR) is 52.7 cm³/mol. The van der Waals surface area contributed by atoms with Crippen LogP contribution in [-0.2, 0) is 0 Å². The Labute approximate surface area is 87.4 Å². The second-order valence-electron chi connectivity index (χ2n) is 3.70. The van der Waals surface area contributed by atoms with Crippen molar-refractivity contribution in [1.82, 2.24) is 5.16 Å². The van der Waals surface area contributed by atoms with Crippen molar-refractivity contribution in [3.8, 4) is 0 Å². The Kier molecular flexibility index (Phi) is 2.87. The Morgan fingerprint density at radius 3 is 2.64 bits per heavy atom. The van der Waals surface area contributed by atoms with Gasteiger partial charge < -0.3 is 4.52 Å². The van der Waals surface area contributed by atoms with Crippen LogP contribution in [0.4, 0.5) is 0 Å². The Morgan fingerprint density at radius 1 is 1.36 bits per heavy atom. The molecule has 0 N–H and O–H groups in total. The molecule has 76 valence electrons. The third-order valence-electron chi connectivity index (χ3n) is 2.78. The minimum Gasteiger partial charge on any atom is -0.351 e. The maximum absolute atomic E-state index is 10.5. The first kappa shape index (κ1) is 9.71. The van der Waals surface area contributed by atoms with Crippen molar-refractivity contribution in [3.63, 3.8) is 0 Å². The van der Waals surface area contributed by atoms with E-state index in [1.54, 1.807) is 0 Å². The number of aromatic nitrogens is 1. The molecule has 1 aliphatic rings. The average Bonchev–Trinajstić information content (AvgIpc) is 2.61. The molecule has 1 aromatic heterocycles. The molecule has 2 rings (SSSR count). The molecule has 3 nitrogen and oxygen atoms in total. The van der Waals surface area contributed by atoms with Gasteiger partial charge in [-0.2, -0.15) is 0 Å². The molecule has 0 aliphatic heterocycles. The lowest BCUT2D eigenvalue weighted by Gasteiger charge is -2.19. The van der Waals surface area contributed by atoms with Gasteiger partial charge in [0.25, 0.3) is 0 Å². The molecular weight excluding hydrogens is 202 g/mol. The van der Waals surface area contributed by atoms with Crippen LogP contribution < -0.4 is 0 Å². The summed E-state index contributed by atoms with van der Waals surface area (Å²) in [5.41, 5.74) is 0.772. The summed E-state index contributed by atoms with van der Waals surface area (Å²) in [5, 5.41) is 4.28. The molecule has 0 bridgehead atoms. The summed E-state index contributed by atoms with van der Waals surface area (Å²) in [4.78, 5) is 10.5. The number of halogens is 1. The Bertz CT molecular complexity index is 329. The van der Waals surface area contributed by atoms with Gasteiger partial charge in [0.2, 0.25) is 5.76 Å². The van der Waals surface area contributed by atoms with E-state index < -0.39 is 0 Å². The lowest BCUT2D eigenvalue weighted by molar-refractivity contribution is 0.109. The lowest BCUT2D eigenvalue weighted by atomic mass is 9.87. The molecule has 1 aromatic rings. The van der Waals surface area contributed by atoms with E-state index in [4.69, 9.17) is 16.1 Å². The number of hydrogen-bond donors (Lipinski definition) is 0. The highest BCUT2D eigenvalue weighted by Gasteiger charge is 2.23. The molecule has 0 spiro atoms. The van der Waals surface area contributed by atoms with Crippen molar-refractivity contribution >= 4 is 17.9 Å². The summed E-state index contributed by atoms with van der Waals surface area (Å²) >= 11 is 5.97. The summed E-state index contributed by atoms with van der Waals surface area (Å²) in [6.07, 6.45) is 6.53. The van der Waals surface area contributed by atoms with Gasteiger partial charge in [0, 0.05) is 5.92 Å². The second kappa shape index (κ2) is 4.13. The van der Waals surface area contributed by atoms with E-state index in [0.717, 1.165) is 18.5 Å². The van der Waals surface area contributed by atoms with Crippen LogP contribution in [-0.4, -0.2) is 11.4 Å². The first-order valence-electron chi connectivity index (χ1n) is 4.93. The molecule has 1 heterocycles. The van der Waals surface area contributed by atoms with Gasteiger partial charge in [-0.05, 0) is 12.8 Å². The van der Waals surface area contributed by atoms with Crippen molar-refractivity contribution < 1.29 is 9.32 Å². The number of aldehydes is 1. The van der Waals surface area contributed by atoms with E-state index in [0.29, 0.717) is 17.2 Å². The van der Waals surface area contributed by atoms with Gasteiger partial charge >= 0.3 is 0 Å². The molecule has 4 heteroatoms. The van der Waals surface area contributed by atoms with Crippen LogP contribution in [0.5, 0.6) is 0 Å². The predicted octanol–water partition coefficient (Wildman–Crippen LogP) is 3.19. The van der Waals surface area contributed by atoms with Crippen LogP contribution in [0.3, 0.4) is 0 Å². The maximum Gasteiger partial charge on any atom is 0.218 e. The van der Waals surface area contributed by atoms with Gasteiger partial charge in [-0.3, -0.25) is 4.79 Å². The zero-order valence-electron chi connectivity index (χ0n) is 7.83. The molecule has 0 unspecified atom stereocenters. The van der Waals surface area contributed by atoms with Gasteiger partial charge in [0.15, 0.2) is 6.29 Å². The summed E-state index contributed by atoms with van der Waals surface area (Å²) < 4.78 is 4.85. The van der Waals surface area contributed by atoms with Gasteiger partial charge in [-0.1, -0.05) is 36.0 Å². The first-order chi connectivity index (χ1) is 6.83. The van der Waals surface area contributed by atoms with Crippen molar-refractivity contribution in [1.29, 1.82) is 0 Å². The van der Waals surface area contributed by atoms with Gasteiger partial charge in [-0.25, -0.2) is 0 Å². The average molecular weight is 214 g/mol. The van der Waals surface area contributed by atoms with Crippen LogP contribution in [0.1, 0.15) is 54.3 Å². The topological polar surface area (TPSA) is 43.1 Å². The first-order valence-corrected chi connectivity index (χ1v) is 5.31. The fourth-order valence-electron chi connectivity index (χ4n) is 2.01. The van der Waals surface area contributed by atoms with Crippen LogP contribution in [0.15, 0.2) is 4.52 Å². The van der Waals surface area contributed by atoms with Gasteiger partial charge in [0.1, 0.15) is 10.7 Å². The van der Waals surface area contributed by atoms with Crippen LogP contribution in [0.25, 0.3) is 0 Å². The Morgan fingerprint density at radius 2 is 2.07 bits per heavy atom. The Hall–Kier alpha value is -0.830. The fourth-order valence-corrected chi connectivity index (χ4v) is 2.28. The second-order valence-corrected chi connectivity index (χ2v) is 4.08. The van der Waals surface area contributed by atoms with E-state index in [9.17, 15) is 4.79 Å². The summed E-state index contributed by atoms with van der Waals surface area (Å²) in [6.45, 7) is 0. The van der Waals surface area contributed by atoms with Crippen LogP contribution in [0.2, 0.25) is 5.02 Å².